The van der Waals surface area contributed by atoms with Gasteiger partial charge >= 0.3 is 6.09 Å². The van der Waals surface area contributed by atoms with Gasteiger partial charge in [-0.1, -0.05) is 19.3 Å². The number of rotatable bonds is 3. The van der Waals surface area contributed by atoms with Gasteiger partial charge in [0.25, 0.3) is 5.56 Å². The molecule has 0 spiro atoms. The molecule has 2 aromatic rings. The smallest absolute Gasteiger partial charge is 0.408 e. The van der Waals surface area contributed by atoms with Gasteiger partial charge in [-0.25, -0.2) is 9.78 Å². The Morgan fingerprint density at radius 2 is 2.08 bits per heavy atom. The number of aromatic nitrogens is 2. The van der Waals surface area contributed by atoms with E-state index in [1.165, 1.54) is 17.8 Å². The maximum atomic E-state index is 12.5. The fourth-order valence-electron chi connectivity index (χ4n) is 3.39. The van der Waals surface area contributed by atoms with Crippen LogP contribution >= 0.6 is 27.3 Å². The van der Waals surface area contributed by atoms with Gasteiger partial charge in [-0.05, 0) is 61.5 Å². The van der Waals surface area contributed by atoms with Gasteiger partial charge in [0.1, 0.15) is 16.1 Å². The number of alkyl carbamates (subject to hydrolysis) is 1. The summed E-state index contributed by atoms with van der Waals surface area (Å²) in [6.45, 7) is 5.49. The highest BCUT2D eigenvalue weighted by molar-refractivity contribution is 9.11. The third-order valence-electron chi connectivity index (χ3n) is 4.46. The number of fused-ring (bicyclic) bond motifs is 1. The van der Waals surface area contributed by atoms with Crippen molar-refractivity contribution in [3.8, 4) is 0 Å². The summed E-state index contributed by atoms with van der Waals surface area (Å²) in [5.74, 6) is 0.740. The zero-order valence-electron chi connectivity index (χ0n) is 15.2. The van der Waals surface area contributed by atoms with Crippen molar-refractivity contribution in [3.63, 3.8) is 0 Å². The van der Waals surface area contributed by atoms with E-state index < -0.39 is 11.7 Å². The fourth-order valence-corrected chi connectivity index (χ4v) is 4.81. The molecule has 1 saturated carbocycles. The number of nitrogens with zero attached hydrogens (tertiary/aromatic N) is 1. The van der Waals surface area contributed by atoms with Gasteiger partial charge in [-0.15, -0.1) is 11.3 Å². The molecular weight excluding hydrogens is 418 g/mol. The molecule has 2 aromatic heterocycles. The summed E-state index contributed by atoms with van der Waals surface area (Å²) in [5, 5.41) is 2.96. The normalized spacial score (nSPS) is 17.2. The Kier molecular flexibility index (Phi) is 5.72. The average molecular weight is 442 g/mol. The lowest BCUT2D eigenvalue weighted by molar-refractivity contribution is 0.0472. The van der Waals surface area contributed by atoms with Crippen molar-refractivity contribution >= 4 is 43.6 Å². The van der Waals surface area contributed by atoms with Crippen molar-refractivity contribution in [2.24, 2.45) is 5.92 Å². The monoisotopic (exact) mass is 441 g/mol. The molecule has 0 saturated heterocycles. The number of hydrogen-bond acceptors (Lipinski definition) is 5. The molecule has 8 heteroatoms. The average Bonchev–Trinajstić information content (AvgIpc) is 2.93. The molecular formula is C18H24BrN3O3S. The second-order valence-electron chi connectivity index (χ2n) is 7.74. The van der Waals surface area contributed by atoms with Crippen molar-refractivity contribution in [2.45, 2.75) is 64.5 Å². The summed E-state index contributed by atoms with van der Waals surface area (Å²) >= 11 is 4.76. The van der Waals surface area contributed by atoms with Crippen LogP contribution in [0.3, 0.4) is 0 Å². The Morgan fingerprint density at radius 1 is 1.38 bits per heavy atom. The molecule has 1 amide bonds. The Balaban J connectivity index is 1.94. The highest BCUT2D eigenvalue weighted by atomic mass is 79.9. The summed E-state index contributed by atoms with van der Waals surface area (Å²) in [7, 11) is 0. The van der Waals surface area contributed by atoms with E-state index in [-0.39, 0.29) is 17.5 Å². The quantitative estimate of drug-likeness (QED) is 0.709. The second kappa shape index (κ2) is 7.68. The molecule has 26 heavy (non-hydrogen) atoms. The lowest BCUT2D eigenvalue weighted by atomic mass is 9.83. The Bertz CT molecular complexity index is 849. The van der Waals surface area contributed by atoms with Crippen LogP contribution in [-0.4, -0.2) is 21.7 Å². The molecule has 0 bridgehead atoms. The second-order valence-corrected chi connectivity index (χ2v) is 10.2. The molecule has 2 heterocycles. The number of ether oxygens (including phenoxy) is 1. The fraction of sp³-hybridized carbons (Fsp3) is 0.611. The first-order valence-corrected chi connectivity index (χ1v) is 10.5. The molecule has 0 aliphatic heterocycles. The number of carbonyl (C=O) groups is 1. The predicted molar refractivity (Wildman–Crippen MR) is 107 cm³/mol. The first-order chi connectivity index (χ1) is 12.2. The number of H-pyrrole nitrogens is 1. The summed E-state index contributed by atoms with van der Waals surface area (Å²) in [6.07, 6.45) is 4.95. The Hall–Kier alpha value is -1.41. The third kappa shape index (κ3) is 4.65. The molecule has 1 atom stereocenters. The van der Waals surface area contributed by atoms with E-state index in [4.69, 9.17) is 4.74 Å². The molecule has 2 N–H and O–H groups in total. The zero-order valence-corrected chi connectivity index (χ0v) is 17.6. The van der Waals surface area contributed by atoms with Gasteiger partial charge in [0, 0.05) is 0 Å². The van der Waals surface area contributed by atoms with Crippen molar-refractivity contribution in [1.29, 1.82) is 0 Å². The van der Waals surface area contributed by atoms with Crippen molar-refractivity contribution < 1.29 is 9.53 Å². The van der Waals surface area contributed by atoms with Crippen molar-refractivity contribution in [2.75, 3.05) is 0 Å². The number of thiophene rings is 1. The lowest BCUT2D eigenvalue weighted by Gasteiger charge is -2.31. The Labute approximate surface area is 164 Å². The number of carbonyl (C=O) groups excluding carboxylic acids is 1. The van der Waals surface area contributed by atoms with E-state index >= 15 is 0 Å². The number of nitrogens with one attached hydrogen (secondary N) is 2. The van der Waals surface area contributed by atoms with Gasteiger partial charge in [0.15, 0.2) is 0 Å². The summed E-state index contributed by atoms with van der Waals surface area (Å²) < 4.78 is 6.87. The number of amides is 1. The maximum Gasteiger partial charge on any atom is 0.408 e. The minimum Gasteiger partial charge on any atom is -0.444 e. The molecule has 3 rings (SSSR count). The largest absolute Gasteiger partial charge is 0.444 e. The summed E-state index contributed by atoms with van der Waals surface area (Å²) in [4.78, 5) is 32.4. The van der Waals surface area contributed by atoms with Gasteiger partial charge in [-0.2, -0.15) is 0 Å². The lowest BCUT2D eigenvalue weighted by Crippen LogP contribution is -2.39. The molecule has 0 aromatic carbocycles. The summed E-state index contributed by atoms with van der Waals surface area (Å²) in [6, 6.07) is 1.48. The van der Waals surface area contributed by atoms with Gasteiger partial charge in [0.05, 0.1) is 15.3 Å². The van der Waals surface area contributed by atoms with Crippen LogP contribution < -0.4 is 10.9 Å². The van der Waals surface area contributed by atoms with Gasteiger partial charge in [0.2, 0.25) is 0 Å². The van der Waals surface area contributed by atoms with Crippen LogP contribution in [-0.2, 0) is 4.74 Å². The van der Waals surface area contributed by atoms with Crippen LogP contribution in [0.4, 0.5) is 4.79 Å². The predicted octanol–water partition coefficient (Wildman–Crippen LogP) is 4.89. The number of hydrogen-bond donors (Lipinski definition) is 2. The molecule has 0 radical (unpaired) electrons. The minimum absolute atomic E-state index is 0.174. The molecule has 1 unspecified atom stereocenters. The molecule has 6 nitrogen and oxygen atoms in total. The summed E-state index contributed by atoms with van der Waals surface area (Å²) in [5.41, 5.74) is -0.107. The van der Waals surface area contributed by atoms with E-state index in [1.54, 1.807) is 0 Å². The van der Waals surface area contributed by atoms with Crippen molar-refractivity contribution in [3.05, 3.63) is 26.0 Å². The first kappa shape index (κ1) is 19.4. The Morgan fingerprint density at radius 3 is 2.73 bits per heavy atom. The van der Waals surface area contributed by atoms with E-state index in [9.17, 15) is 9.59 Å². The van der Waals surface area contributed by atoms with E-state index in [0.29, 0.717) is 16.0 Å². The SMILES string of the molecule is CC(C)(C)OC(=O)NC(c1nc2cc(Br)sc2c(=O)[nH]1)C1CCCCC1. The standard InChI is InChI=1S/C18H24BrN3O3S/c1-18(2,3)25-17(24)21-13(10-7-5-4-6-8-10)15-20-11-9-12(19)26-14(11)16(23)22-15/h9-10,13H,4-8H2,1-3H3,(H,21,24)(H,20,22,23). The highest BCUT2D eigenvalue weighted by Crippen LogP contribution is 2.34. The third-order valence-corrected chi connectivity index (χ3v) is 6.09. The van der Waals surface area contributed by atoms with Crippen LogP contribution in [0.25, 0.3) is 10.2 Å². The molecule has 1 fully saturated rings. The van der Waals surface area contributed by atoms with E-state index in [0.717, 1.165) is 29.5 Å². The molecule has 142 valence electrons. The zero-order chi connectivity index (χ0) is 18.9. The van der Waals surface area contributed by atoms with Crippen LogP contribution in [0, 0.1) is 5.92 Å². The topological polar surface area (TPSA) is 84.1 Å². The van der Waals surface area contributed by atoms with Crippen LogP contribution in [0.15, 0.2) is 14.6 Å². The maximum absolute atomic E-state index is 12.5. The van der Waals surface area contributed by atoms with Crippen LogP contribution in [0.2, 0.25) is 0 Å². The minimum atomic E-state index is -0.579. The number of halogens is 1. The highest BCUT2D eigenvalue weighted by Gasteiger charge is 2.30. The number of aromatic amines is 1. The first-order valence-electron chi connectivity index (χ1n) is 8.92. The van der Waals surface area contributed by atoms with Crippen LogP contribution in [0.5, 0.6) is 0 Å². The molecule has 1 aliphatic rings. The van der Waals surface area contributed by atoms with E-state index in [1.807, 2.05) is 26.8 Å². The van der Waals surface area contributed by atoms with Crippen molar-refractivity contribution in [1.82, 2.24) is 15.3 Å². The van der Waals surface area contributed by atoms with E-state index in [2.05, 4.69) is 31.2 Å². The van der Waals surface area contributed by atoms with Crippen LogP contribution in [0.1, 0.15) is 64.7 Å². The van der Waals surface area contributed by atoms with Gasteiger partial charge < -0.3 is 15.0 Å². The molecule has 1 aliphatic carbocycles. The van der Waals surface area contributed by atoms with Gasteiger partial charge in [-0.3, -0.25) is 4.79 Å².